The van der Waals surface area contributed by atoms with Gasteiger partial charge in [-0.25, -0.2) is 0 Å². The summed E-state index contributed by atoms with van der Waals surface area (Å²) in [6.07, 6.45) is -7.22. The van der Waals surface area contributed by atoms with Crippen LogP contribution in [0.1, 0.15) is 39.5 Å². The first-order valence-electron chi connectivity index (χ1n) is 12.1. The highest BCUT2D eigenvalue weighted by Gasteiger charge is 2.53. The molecule has 3 rings (SSSR count). The number of methoxy groups -OCH3 is 1. The molecule has 0 unspecified atom stereocenters. The van der Waals surface area contributed by atoms with Crippen molar-refractivity contribution in [2.45, 2.75) is 58.3 Å². The Morgan fingerprint density at radius 3 is 2.02 bits per heavy atom. The predicted molar refractivity (Wildman–Crippen MR) is 140 cm³/mol. The molecule has 0 aliphatic carbocycles. The van der Waals surface area contributed by atoms with Crippen LogP contribution in [0.4, 0.5) is 0 Å². The third-order valence-electron chi connectivity index (χ3n) is 5.84. The molecule has 0 spiro atoms. The molecule has 0 saturated carbocycles. The fourth-order valence-electron chi connectivity index (χ4n) is 4.34. The van der Waals surface area contributed by atoms with E-state index in [9.17, 15) is 29.2 Å². The summed E-state index contributed by atoms with van der Waals surface area (Å²) in [7, 11) is 1.46. The number of esters is 4. The second-order valence-corrected chi connectivity index (χ2v) is 9.17. The molecule has 218 valence electrons. The first-order chi connectivity index (χ1) is 19.4. The number of hydrogen-bond donors (Lipinski definition) is 1. The minimum absolute atomic E-state index is 0.0233. The second-order valence-electron chi connectivity index (χ2n) is 8.78. The summed E-state index contributed by atoms with van der Waals surface area (Å²) in [6.45, 7) is 3.94. The standard InChI is InChI=1S/C26H27N3O11S/c1-12(30)36-11-19-21(37-13(2)31)22(38-14(3)32)23(39-15(4)33)25(40-19)29-20(16-6-8-17(35-5)9-7-16)18(10-27)24(34)28-26(29)41/h6-9,19,21-23,25H,11H2,1-5H3,(H,28,34,41)/t19-,21-,22+,23-,25-/m1/s1. The van der Waals surface area contributed by atoms with Gasteiger partial charge in [-0.1, -0.05) is 0 Å². The highest BCUT2D eigenvalue weighted by Crippen LogP contribution is 2.38. The van der Waals surface area contributed by atoms with E-state index in [1.54, 1.807) is 24.3 Å². The maximum Gasteiger partial charge on any atom is 0.303 e. The fourth-order valence-corrected chi connectivity index (χ4v) is 4.63. The van der Waals surface area contributed by atoms with Gasteiger partial charge in [0.15, 0.2) is 29.3 Å². The molecule has 1 N–H and O–H groups in total. The lowest BCUT2D eigenvalue weighted by Gasteiger charge is -2.45. The van der Waals surface area contributed by atoms with Crippen molar-refractivity contribution in [2.24, 2.45) is 0 Å². The fraction of sp³-hybridized carbons (Fsp3) is 0.423. The summed E-state index contributed by atoms with van der Waals surface area (Å²) < 4.78 is 33.9. The molecule has 1 aliphatic heterocycles. The molecule has 2 aromatic rings. The lowest BCUT2D eigenvalue weighted by molar-refractivity contribution is -0.268. The van der Waals surface area contributed by atoms with E-state index in [0.717, 1.165) is 27.7 Å². The second kappa shape index (κ2) is 13.2. The number of H-pyrrole nitrogens is 1. The summed E-state index contributed by atoms with van der Waals surface area (Å²) in [5.41, 5.74) is -0.862. The Morgan fingerprint density at radius 1 is 0.951 bits per heavy atom. The van der Waals surface area contributed by atoms with Crippen molar-refractivity contribution in [1.29, 1.82) is 5.26 Å². The van der Waals surface area contributed by atoms with E-state index >= 15 is 0 Å². The van der Waals surface area contributed by atoms with Crippen LogP contribution in [0, 0.1) is 16.1 Å². The van der Waals surface area contributed by atoms with Gasteiger partial charge >= 0.3 is 23.9 Å². The van der Waals surface area contributed by atoms with Crippen molar-refractivity contribution in [3.05, 3.63) is 45.0 Å². The molecule has 0 radical (unpaired) electrons. The first-order valence-corrected chi connectivity index (χ1v) is 12.5. The van der Waals surface area contributed by atoms with E-state index in [2.05, 4.69) is 4.98 Å². The van der Waals surface area contributed by atoms with Gasteiger partial charge in [-0.05, 0) is 36.5 Å². The zero-order chi connectivity index (χ0) is 30.4. The largest absolute Gasteiger partial charge is 0.497 e. The Bertz CT molecular complexity index is 1490. The molecule has 2 heterocycles. The van der Waals surface area contributed by atoms with Crippen LogP contribution in [0.2, 0.25) is 0 Å². The molecule has 41 heavy (non-hydrogen) atoms. The van der Waals surface area contributed by atoms with Crippen molar-refractivity contribution in [1.82, 2.24) is 9.55 Å². The molecule has 14 nitrogen and oxygen atoms in total. The molecule has 1 aromatic heterocycles. The molecular weight excluding hydrogens is 562 g/mol. The third-order valence-corrected chi connectivity index (χ3v) is 6.14. The molecule has 0 bridgehead atoms. The number of nitriles is 1. The lowest BCUT2D eigenvalue weighted by atomic mass is 9.96. The average molecular weight is 590 g/mol. The number of hydrogen-bond acceptors (Lipinski definition) is 13. The first kappa shape index (κ1) is 31.0. The number of nitrogens with one attached hydrogen (secondary N) is 1. The van der Waals surface area contributed by atoms with Crippen LogP contribution >= 0.6 is 12.2 Å². The Hall–Kier alpha value is -4.55. The maximum absolute atomic E-state index is 12.8. The van der Waals surface area contributed by atoms with Crippen molar-refractivity contribution >= 4 is 36.1 Å². The van der Waals surface area contributed by atoms with E-state index in [0.29, 0.717) is 11.3 Å². The highest BCUT2D eigenvalue weighted by molar-refractivity contribution is 7.71. The molecule has 5 atom stereocenters. The van der Waals surface area contributed by atoms with E-state index in [1.165, 1.54) is 11.7 Å². The quantitative estimate of drug-likeness (QED) is 0.267. The number of benzene rings is 1. The molecule has 1 aromatic carbocycles. The summed E-state index contributed by atoms with van der Waals surface area (Å²) in [4.78, 5) is 63.4. The number of carbonyl (C=O) groups excluding carboxylic acids is 4. The van der Waals surface area contributed by atoms with Crippen LogP contribution in [0.15, 0.2) is 29.1 Å². The summed E-state index contributed by atoms with van der Waals surface area (Å²) in [5.74, 6) is -2.66. The van der Waals surface area contributed by atoms with Gasteiger partial charge in [0, 0.05) is 33.3 Å². The normalized spacial score (nSPS) is 21.6. The third kappa shape index (κ3) is 7.16. The van der Waals surface area contributed by atoms with E-state index < -0.39 is 66.7 Å². The molecule has 1 saturated heterocycles. The number of aromatic nitrogens is 2. The van der Waals surface area contributed by atoms with Crippen LogP contribution < -0.4 is 10.3 Å². The Kier molecular flexibility index (Phi) is 9.98. The minimum atomic E-state index is -1.53. The van der Waals surface area contributed by atoms with Crippen LogP contribution in [0.25, 0.3) is 11.3 Å². The van der Waals surface area contributed by atoms with Crippen LogP contribution in [-0.2, 0) is 42.9 Å². The average Bonchev–Trinajstić information content (AvgIpc) is 2.89. The van der Waals surface area contributed by atoms with Gasteiger partial charge in [-0.15, -0.1) is 0 Å². The van der Waals surface area contributed by atoms with Crippen LogP contribution in [0.5, 0.6) is 5.75 Å². The van der Waals surface area contributed by atoms with Gasteiger partial charge in [-0.2, -0.15) is 5.26 Å². The van der Waals surface area contributed by atoms with Crippen LogP contribution in [0.3, 0.4) is 0 Å². The van der Waals surface area contributed by atoms with E-state index in [1.807, 2.05) is 6.07 Å². The van der Waals surface area contributed by atoms with E-state index in [-0.39, 0.29) is 16.0 Å². The highest BCUT2D eigenvalue weighted by atomic mass is 32.1. The van der Waals surface area contributed by atoms with Crippen LogP contribution in [-0.4, -0.2) is 71.6 Å². The van der Waals surface area contributed by atoms with Gasteiger partial charge in [-0.3, -0.25) is 33.5 Å². The van der Waals surface area contributed by atoms with Crippen molar-refractivity contribution in [3.63, 3.8) is 0 Å². The van der Waals surface area contributed by atoms with Crippen molar-refractivity contribution < 1.29 is 47.6 Å². The smallest absolute Gasteiger partial charge is 0.303 e. The Balaban J connectivity index is 2.36. The number of ether oxygens (including phenoxy) is 6. The lowest BCUT2D eigenvalue weighted by Crippen LogP contribution is -2.60. The summed E-state index contributed by atoms with van der Waals surface area (Å²) in [6, 6.07) is 8.14. The number of rotatable bonds is 8. The zero-order valence-corrected chi connectivity index (χ0v) is 23.5. The zero-order valence-electron chi connectivity index (χ0n) is 22.7. The molecule has 0 amide bonds. The molecule has 1 fully saturated rings. The Labute approximate surface area is 238 Å². The molecule has 15 heteroatoms. The topological polar surface area (TPSA) is 185 Å². The SMILES string of the molecule is COc1ccc(-c2c(C#N)c(=O)[nH]c(=S)n2[C@@H]2O[C@H](COC(C)=O)[C@@H](OC(C)=O)[C@H](OC(C)=O)[C@H]2OC(C)=O)cc1. The van der Waals surface area contributed by atoms with Crippen molar-refractivity contribution in [3.8, 4) is 23.1 Å². The summed E-state index contributed by atoms with van der Waals surface area (Å²) >= 11 is 5.48. The van der Waals surface area contributed by atoms with Gasteiger partial charge in [0.1, 0.15) is 30.1 Å². The van der Waals surface area contributed by atoms with Gasteiger partial charge in [0.2, 0.25) is 0 Å². The molecule has 1 aliphatic rings. The van der Waals surface area contributed by atoms with Gasteiger partial charge in [0.05, 0.1) is 12.8 Å². The number of carbonyl (C=O) groups is 4. The van der Waals surface area contributed by atoms with Gasteiger partial charge in [0.25, 0.3) is 5.56 Å². The minimum Gasteiger partial charge on any atom is -0.497 e. The maximum atomic E-state index is 12.8. The number of nitrogens with zero attached hydrogens (tertiary/aromatic N) is 2. The Morgan fingerprint density at radius 2 is 1.51 bits per heavy atom. The predicted octanol–water partition coefficient (Wildman–Crippen LogP) is 1.71. The van der Waals surface area contributed by atoms with E-state index in [4.69, 9.17) is 40.6 Å². The van der Waals surface area contributed by atoms with Crippen molar-refractivity contribution in [2.75, 3.05) is 13.7 Å². The summed E-state index contributed by atoms with van der Waals surface area (Å²) in [5, 5.41) is 9.94. The number of aromatic amines is 1. The monoisotopic (exact) mass is 589 g/mol. The molecular formula is C26H27N3O11S. The van der Waals surface area contributed by atoms with Gasteiger partial charge < -0.3 is 28.4 Å².